The molecule has 0 aliphatic rings. The van der Waals surface area contributed by atoms with Gasteiger partial charge in [0, 0.05) is 3.57 Å². The maximum absolute atomic E-state index is 11.9. The molecule has 88 valence electrons. The van der Waals surface area contributed by atoms with Gasteiger partial charge in [-0.3, -0.25) is 4.72 Å². The van der Waals surface area contributed by atoms with Crippen LogP contribution in [0.5, 0.6) is 0 Å². The zero-order valence-electron chi connectivity index (χ0n) is 8.41. The van der Waals surface area contributed by atoms with Crippen molar-refractivity contribution >= 4 is 38.3 Å². The Morgan fingerprint density at radius 1 is 1.12 bits per heavy atom. The van der Waals surface area contributed by atoms with Crippen molar-refractivity contribution < 1.29 is 8.42 Å². The van der Waals surface area contributed by atoms with Crippen LogP contribution >= 0.6 is 22.6 Å². The fourth-order valence-corrected chi connectivity index (χ4v) is 2.74. The van der Waals surface area contributed by atoms with Crippen LogP contribution < -0.4 is 4.72 Å². The predicted molar refractivity (Wildman–Crippen MR) is 69.8 cm³/mol. The fraction of sp³-hybridized carbons (Fsp3) is 0. The van der Waals surface area contributed by atoms with Crippen LogP contribution in [-0.2, 0) is 10.0 Å². The lowest BCUT2D eigenvalue weighted by Crippen LogP contribution is -2.16. The maximum Gasteiger partial charge on any atom is 0.297 e. The molecule has 0 saturated carbocycles. The first-order valence-electron chi connectivity index (χ1n) is 4.49. The van der Waals surface area contributed by atoms with Crippen molar-refractivity contribution in [2.24, 2.45) is 0 Å². The average molecular weight is 362 g/mol. The highest BCUT2D eigenvalue weighted by molar-refractivity contribution is 14.1. The number of anilines is 1. The van der Waals surface area contributed by atoms with Gasteiger partial charge in [-0.1, -0.05) is 12.1 Å². The highest BCUT2D eigenvalue weighted by atomic mass is 127. The molecule has 0 aliphatic carbocycles. The number of halogens is 1. The molecule has 6 nitrogen and oxygen atoms in total. The number of nitrogens with zero attached hydrogens (tertiary/aromatic N) is 3. The number of hydrogen-bond acceptors (Lipinski definition) is 5. The van der Waals surface area contributed by atoms with Crippen molar-refractivity contribution in [3.63, 3.8) is 0 Å². The number of hydrogen-bond donors (Lipinski definition) is 1. The Bertz CT molecular complexity index is 618. The number of sulfonamides is 1. The van der Waals surface area contributed by atoms with Crippen LogP contribution in [0.3, 0.4) is 0 Å². The van der Waals surface area contributed by atoms with Gasteiger partial charge in [0.1, 0.15) is 12.7 Å². The molecular formula is C9H7IN4O2S. The second kappa shape index (κ2) is 4.92. The van der Waals surface area contributed by atoms with Gasteiger partial charge in [-0.2, -0.15) is 8.42 Å². The van der Waals surface area contributed by atoms with E-state index in [0.29, 0.717) is 5.69 Å². The van der Waals surface area contributed by atoms with Crippen molar-refractivity contribution in [2.45, 2.75) is 5.16 Å². The van der Waals surface area contributed by atoms with Crippen molar-refractivity contribution in [1.29, 1.82) is 0 Å². The Hall–Kier alpha value is -1.29. The Morgan fingerprint density at radius 3 is 2.41 bits per heavy atom. The van der Waals surface area contributed by atoms with E-state index in [4.69, 9.17) is 0 Å². The van der Waals surface area contributed by atoms with Crippen LogP contribution in [0, 0.1) is 3.57 Å². The second-order valence-electron chi connectivity index (χ2n) is 3.01. The van der Waals surface area contributed by atoms with Crippen LogP contribution in [0.4, 0.5) is 5.69 Å². The molecule has 0 spiro atoms. The summed E-state index contributed by atoms with van der Waals surface area (Å²) < 4.78 is 27.0. The van der Waals surface area contributed by atoms with E-state index in [9.17, 15) is 8.42 Å². The average Bonchev–Trinajstić information content (AvgIpc) is 2.33. The molecule has 0 atom stereocenters. The second-order valence-corrected chi connectivity index (χ2v) is 5.74. The summed E-state index contributed by atoms with van der Waals surface area (Å²) in [5.41, 5.74) is 0.494. The van der Waals surface area contributed by atoms with Crippen LogP contribution in [0.2, 0.25) is 0 Å². The summed E-state index contributed by atoms with van der Waals surface area (Å²) in [5.74, 6) is 0. The van der Waals surface area contributed by atoms with Gasteiger partial charge in [-0.05, 0) is 34.7 Å². The van der Waals surface area contributed by atoms with Crippen LogP contribution in [-0.4, -0.2) is 23.4 Å². The van der Waals surface area contributed by atoms with Crippen molar-refractivity contribution in [3.8, 4) is 0 Å². The smallest absolute Gasteiger partial charge is 0.276 e. The Labute approximate surface area is 112 Å². The molecule has 1 aromatic carbocycles. The zero-order chi connectivity index (χ0) is 12.3. The maximum atomic E-state index is 11.9. The number of nitrogens with one attached hydrogen (secondary N) is 1. The molecule has 1 aromatic heterocycles. The Balaban J connectivity index is 2.34. The first-order valence-corrected chi connectivity index (χ1v) is 7.05. The summed E-state index contributed by atoms with van der Waals surface area (Å²) in [7, 11) is -3.75. The lowest BCUT2D eigenvalue weighted by molar-refractivity contribution is 0.591. The summed E-state index contributed by atoms with van der Waals surface area (Å²) >= 11 is 2.04. The summed E-state index contributed by atoms with van der Waals surface area (Å²) in [6.07, 6.45) is 2.27. The summed E-state index contributed by atoms with van der Waals surface area (Å²) in [4.78, 5) is 10.8. The van der Waals surface area contributed by atoms with Gasteiger partial charge in [0.2, 0.25) is 0 Å². The Kier molecular flexibility index (Phi) is 3.52. The number of rotatable bonds is 3. The SMILES string of the molecule is O=S(=O)(Nc1ccccc1I)c1ncncn1. The van der Waals surface area contributed by atoms with Crippen LogP contribution in [0.1, 0.15) is 0 Å². The van der Waals surface area contributed by atoms with Gasteiger partial charge < -0.3 is 0 Å². The lowest BCUT2D eigenvalue weighted by atomic mass is 10.3. The number of benzene rings is 1. The molecule has 0 unspecified atom stereocenters. The molecule has 0 radical (unpaired) electrons. The number of aromatic nitrogens is 3. The molecule has 0 aliphatic heterocycles. The van der Waals surface area contributed by atoms with E-state index < -0.39 is 10.0 Å². The van der Waals surface area contributed by atoms with E-state index >= 15 is 0 Å². The van der Waals surface area contributed by atoms with Gasteiger partial charge >= 0.3 is 0 Å². The quantitative estimate of drug-likeness (QED) is 0.832. The van der Waals surface area contributed by atoms with Crippen molar-refractivity contribution in [3.05, 3.63) is 40.5 Å². The minimum atomic E-state index is -3.75. The monoisotopic (exact) mass is 362 g/mol. The van der Waals surface area contributed by atoms with E-state index in [1.165, 1.54) is 0 Å². The number of para-hydroxylation sites is 1. The van der Waals surface area contributed by atoms with E-state index in [-0.39, 0.29) is 5.16 Å². The molecule has 0 bridgehead atoms. The van der Waals surface area contributed by atoms with E-state index in [0.717, 1.165) is 16.2 Å². The molecule has 8 heteroatoms. The van der Waals surface area contributed by atoms with Crippen molar-refractivity contribution in [2.75, 3.05) is 4.72 Å². The normalized spacial score (nSPS) is 11.1. The minimum absolute atomic E-state index is 0.299. The van der Waals surface area contributed by atoms with Gasteiger partial charge in [0.25, 0.3) is 15.2 Å². The first kappa shape index (κ1) is 12.2. The standard InChI is InChI=1S/C9H7IN4O2S/c10-7-3-1-2-4-8(7)14-17(15,16)9-12-5-11-6-13-9/h1-6,14H. The van der Waals surface area contributed by atoms with Crippen molar-refractivity contribution in [1.82, 2.24) is 15.0 Å². The van der Waals surface area contributed by atoms with E-state index in [2.05, 4.69) is 19.7 Å². The molecular weight excluding hydrogens is 355 g/mol. The molecule has 17 heavy (non-hydrogen) atoms. The Morgan fingerprint density at radius 2 is 1.76 bits per heavy atom. The van der Waals surface area contributed by atoms with Gasteiger partial charge in [-0.25, -0.2) is 15.0 Å². The topological polar surface area (TPSA) is 84.8 Å². The summed E-state index contributed by atoms with van der Waals surface area (Å²) in [6, 6.07) is 7.03. The lowest BCUT2D eigenvalue weighted by Gasteiger charge is -2.07. The van der Waals surface area contributed by atoms with Crippen LogP contribution in [0.15, 0.2) is 42.1 Å². The first-order chi connectivity index (χ1) is 8.09. The zero-order valence-corrected chi connectivity index (χ0v) is 11.4. The van der Waals surface area contributed by atoms with E-state index in [1.807, 2.05) is 28.7 Å². The largest absolute Gasteiger partial charge is 0.297 e. The van der Waals surface area contributed by atoms with Crippen LogP contribution in [0.25, 0.3) is 0 Å². The molecule has 2 rings (SSSR count). The molecule has 0 amide bonds. The highest BCUT2D eigenvalue weighted by Crippen LogP contribution is 2.19. The molecule has 2 aromatic rings. The predicted octanol–water partition coefficient (Wildman–Crippen LogP) is 1.28. The molecule has 0 saturated heterocycles. The third kappa shape index (κ3) is 2.88. The highest BCUT2D eigenvalue weighted by Gasteiger charge is 2.18. The van der Waals surface area contributed by atoms with Gasteiger partial charge in [-0.15, -0.1) is 0 Å². The molecule has 1 N–H and O–H groups in total. The summed E-state index contributed by atoms with van der Waals surface area (Å²) in [6.45, 7) is 0. The van der Waals surface area contributed by atoms with Gasteiger partial charge in [0.05, 0.1) is 5.69 Å². The molecule has 1 heterocycles. The minimum Gasteiger partial charge on any atom is -0.276 e. The van der Waals surface area contributed by atoms with E-state index in [1.54, 1.807) is 18.2 Å². The third-order valence-corrected chi connectivity index (χ3v) is 3.95. The third-order valence-electron chi connectivity index (χ3n) is 1.83. The van der Waals surface area contributed by atoms with Gasteiger partial charge in [0.15, 0.2) is 0 Å². The summed E-state index contributed by atoms with van der Waals surface area (Å²) in [5, 5.41) is -0.299. The molecule has 0 fully saturated rings. The fourth-order valence-electron chi connectivity index (χ4n) is 1.10.